The molecule has 0 saturated carbocycles. The van der Waals surface area contributed by atoms with Crippen LogP contribution >= 0.6 is 0 Å². The van der Waals surface area contributed by atoms with E-state index in [2.05, 4.69) is 216 Å². The summed E-state index contributed by atoms with van der Waals surface area (Å²) in [4.78, 5) is 2.43. The highest BCUT2D eigenvalue weighted by Gasteiger charge is 2.46. The third-order valence-corrected chi connectivity index (χ3v) is 10.7. The van der Waals surface area contributed by atoms with Crippen LogP contribution in [0.25, 0.3) is 38.6 Å². The molecule has 51 heavy (non-hydrogen) atoms. The molecule has 0 atom stereocenters. The van der Waals surface area contributed by atoms with Crippen molar-refractivity contribution in [3.8, 4) is 16.8 Å². The predicted molar refractivity (Wildman–Crippen MR) is 213 cm³/mol. The third kappa shape index (κ3) is 4.43. The predicted octanol–water partition coefficient (Wildman–Crippen LogP) is 12.6. The van der Waals surface area contributed by atoms with Crippen molar-refractivity contribution < 1.29 is 0 Å². The smallest absolute Gasteiger partial charge is 0.0742 e. The van der Waals surface area contributed by atoms with E-state index < -0.39 is 5.41 Å². The standard InChI is InChI=1S/C49H34N2/c1-3-15-37(16-4-1)49(38-17-5-2-6-18-38)43-21-9-13-25-47(43)51(48-26-14-10-22-44(48)49)40-33-29-36(30-34-40)35-27-31-39(32-28-35)50-45-23-11-7-19-41(45)42-20-8-12-24-46(42)50/h1-34H. The van der Waals surface area contributed by atoms with Gasteiger partial charge in [-0.3, -0.25) is 0 Å². The van der Waals surface area contributed by atoms with E-state index in [-0.39, 0.29) is 0 Å². The molecule has 0 bridgehead atoms. The Morgan fingerprint density at radius 3 is 1.20 bits per heavy atom. The molecule has 0 saturated heterocycles. The molecule has 2 heteroatoms. The van der Waals surface area contributed by atoms with E-state index in [1.165, 1.54) is 66.6 Å². The Labute approximate surface area is 298 Å². The molecule has 2 nitrogen and oxygen atoms in total. The Kier molecular flexibility index (Phi) is 6.75. The highest BCUT2D eigenvalue weighted by atomic mass is 15.2. The first-order valence-corrected chi connectivity index (χ1v) is 17.6. The van der Waals surface area contributed by atoms with E-state index in [1.807, 2.05) is 0 Å². The lowest BCUT2D eigenvalue weighted by molar-refractivity contribution is 0.731. The lowest BCUT2D eigenvalue weighted by Gasteiger charge is -2.46. The van der Waals surface area contributed by atoms with Gasteiger partial charge in [0.15, 0.2) is 0 Å². The van der Waals surface area contributed by atoms with Crippen molar-refractivity contribution in [1.82, 2.24) is 4.57 Å². The number of benzene rings is 8. The minimum Gasteiger partial charge on any atom is -0.310 e. The SMILES string of the molecule is c1ccc(C2(c3ccccc3)c3ccccc3N(c3ccc(-c4ccc(-n5c6ccccc6c6ccccc65)cc4)cc3)c3ccccc32)cc1. The first-order chi connectivity index (χ1) is 25.3. The van der Waals surface area contributed by atoms with Gasteiger partial charge < -0.3 is 9.47 Å². The van der Waals surface area contributed by atoms with Crippen LogP contribution in [0.4, 0.5) is 17.1 Å². The van der Waals surface area contributed by atoms with Gasteiger partial charge >= 0.3 is 0 Å². The second-order valence-corrected chi connectivity index (χ2v) is 13.3. The molecule has 2 heterocycles. The van der Waals surface area contributed by atoms with Crippen molar-refractivity contribution >= 4 is 38.9 Å². The molecule has 0 unspecified atom stereocenters. The summed E-state index contributed by atoms with van der Waals surface area (Å²) in [5.41, 5.74) is 14.1. The average molecular weight is 651 g/mol. The fourth-order valence-electron chi connectivity index (χ4n) is 8.50. The summed E-state index contributed by atoms with van der Waals surface area (Å²) in [6, 6.07) is 75.1. The summed E-state index contributed by atoms with van der Waals surface area (Å²) >= 11 is 0. The van der Waals surface area contributed by atoms with Crippen LogP contribution in [0.3, 0.4) is 0 Å². The van der Waals surface area contributed by atoms with Crippen LogP contribution in [-0.2, 0) is 5.41 Å². The summed E-state index contributed by atoms with van der Waals surface area (Å²) in [6.07, 6.45) is 0. The number of hydrogen-bond acceptors (Lipinski definition) is 1. The van der Waals surface area contributed by atoms with Gasteiger partial charge in [0.2, 0.25) is 0 Å². The van der Waals surface area contributed by atoms with Crippen LogP contribution in [-0.4, -0.2) is 4.57 Å². The number of aromatic nitrogens is 1. The largest absolute Gasteiger partial charge is 0.310 e. The minimum atomic E-state index is -0.468. The Bertz CT molecular complexity index is 2530. The lowest BCUT2D eigenvalue weighted by atomic mass is 9.62. The fraction of sp³-hybridized carbons (Fsp3) is 0.0204. The number of hydrogen-bond donors (Lipinski definition) is 0. The number of rotatable bonds is 5. The van der Waals surface area contributed by atoms with Gasteiger partial charge in [0, 0.05) is 22.1 Å². The summed E-state index contributed by atoms with van der Waals surface area (Å²) in [5.74, 6) is 0. The molecule has 0 spiro atoms. The molecule has 9 aromatic rings. The van der Waals surface area contributed by atoms with Gasteiger partial charge in [0.05, 0.1) is 27.8 Å². The highest BCUT2D eigenvalue weighted by Crippen LogP contribution is 2.57. The normalized spacial score (nSPS) is 13.2. The molecular formula is C49H34N2. The second kappa shape index (κ2) is 11.8. The fourth-order valence-corrected chi connectivity index (χ4v) is 8.50. The molecule has 0 N–H and O–H groups in total. The summed E-state index contributed by atoms with van der Waals surface area (Å²) in [7, 11) is 0. The van der Waals surface area contributed by atoms with Gasteiger partial charge in [0.25, 0.3) is 0 Å². The quantitative estimate of drug-likeness (QED) is 0.180. The van der Waals surface area contributed by atoms with Crippen molar-refractivity contribution in [3.05, 3.63) is 229 Å². The topological polar surface area (TPSA) is 8.17 Å². The molecule has 8 aromatic carbocycles. The van der Waals surface area contributed by atoms with E-state index in [1.54, 1.807) is 0 Å². The van der Waals surface area contributed by atoms with Crippen molar-refractivity contribution in [2.45, 2.75) is 5.41 Å². The van der Waals surface area contributed by atoms with Crippen LogP contribution in [0.15, 0.2) is 206 Å². The van der Waals surface area contributed by atoms with Crippen molar-refractivity contribution in [1.29, 1.82) is 0 Å². The molecule has 0 radical (unpaired) electrons. The zero-order chi connectivity index (χ0) is 33.8. The van der Waals surface area contributed by atoms with E-state index >= 15 is 0 Å². The summed E-state index contributed by atoms with van der Waals surface area (Å²) < 4.78 is 2.37. The molecule has 0 amide bonds. The Morgan fingerprint density at radius 1 is 0.314 bits per heavy atom. The Hall–Kier alpha value is -6.64. The van der Waals surface area contributed by atoms with Gasteiger partial charge in [0.1, 0.15) is 0 Å². The average Bonchev–Trinajstić information content (AvgIpc) is 3.55. The minimum absolute atomic E-state index is 0.468. The number of anilines is 3. The van der Waals surface area contributed by atoms with Gasteiger partial charge in [-0.15, -0.1) is 0 Å². The molecule has 1 aliphatic heterocycles. The molecule has 1 aromatic heterocycles. The molecule has 240 valence electrons. The molecule has 10 rings (SSSR count). The second-order valence-electron chi connectivity index (χ2n) is 13.3. The molecule has 1 aliphatic rings. The van der Waals surface area contributed by atoms with E-state index in [9.17, 15) is 0 Å². The lowest BCUT2D eigenvalue weighted by Crippen LogP contribution is -2.37. The van der Waals surface area contributed by atoms with Crippen LogP contribution in [0, 0.1) is 0 Å². The van der Waals surface area contributed by atoms with Crippen LogP contribution < -0.4 is 4.90 Å². The monoisotopic (exact) mass is 650 g/mol. The van der Waals surface area contributed by atoms with E-state index in [0.717, 1.165) is 11.4 Å². The van der Waals surface area contributed by atoms with Crippen molar-refractivity contribution in [2.24, 2.45) is 0 Å². The Balaban J connectivity index is 1.07. The zero-order valence-corrected chi connectivity index (χ0v) is 28.0. The van der Waals surface area contributed by atoms with Crippen LogP contribution in [0.2, 0.25) is 0 Å². The van der Waals surface area contributed by atoms with Crippen LogP contribution in [0.1, 0.15) is 22.3 Å². The number of fused-ring (bicyclic) bond motifs is 5. The maximum atomic E-state index is 2.43. The van der Waals surface area contributed by atoms with Crippen molar-refractivity contribution in [3.63, 3.8) is 0 Å². The highest BCUT2D eigenvalue weighted by molar-refractivity contribution is 6.09. The maximum absolute atomic E-state index is 2.43. The Morgan fingerprint density at radius 2 is 0.706 bits per heavy atom. The van der Waals surface area contributed by atoms with Crippen LogP contribution in [0.5, 0.6) is 0 Å². The van der Waals surface area contributed by atoms with E-state index in [4.69, 9.17) is 0 Å². The molecule has 0 fully saturated rings. The van der Waals surface area contributed by atoms with Gasteiger partial charge in [-0.1, -0.05) is 158 Å². The van der Waals surface area contributed by atoms with E-state index in [0.29, 0.717) is 0 Å². The number of para-hydroxylation sites is 4. The molecule has 0 aliphatic carbocycles. The molecular weight excluding hydrogens is 617 g/mol. The summed E-state index contributed by atoms with van der Waals surface area (Å²) in [5, 5.41) is 2.55. The van der Waals surface area contributed by atoms with Gasteiger partial charge in [-0.05, 0) is 81.9 Å². The van der Waals surface area contributed by atoms with Gasteiger partial charge in [-0.25, -0.2) is 0 Å². The maximum Gasteiger partial charge on any atom is 0.0742 e. The first-order valence-electron chi connectivity index (χ1n) is 17.6. The third-order valence-electron chi connectivity index (χ3n) is 10.7. The summed E-state index contributed by atoms with van der Waals surface area (Å²) in [6.45, 7) is 0. The van der Waals surface area contributed by atoms with Gasteiger partial charge in [-0.2, -0.15) is 0 Å². The number of nitrogens with zero attached hydrogens (tertiary/aromatic N) is 2. The zero-order valence-electron chi connectivity index (χ0n) is 28.0. The first kappa shape index (κ1) is 29.3. The van der Waals surface area contributed by atoms with Crippen molar-refractivity contribution in [2.75, 3.05) is 4.90 Å².